The Kier molecular flexibility index (Phi) is 5.37. The maximum absolute atomic E-state index is 12.8. The van der Waals surface area contributed by atoms with Gasteiger partial charge in [0.2, 0.25) is 5.91 Å². The molecule has 1 aromatic heterocycles. The molecule has 0 aliphatic heterocycles. The quantitative estimate of drug-likeness (QED) is 0.744. The van der Waals surface area contributed by atoms with Crippen molar-refractivity contribution in [2.24, 2.45) is 22.2 Å². The molecule has 2 amide bonds. The predicted molar refractivity (Wildman–Crippen MR) is 110 cm³/mol. The topological polar surface area (TPSA) is 58.2 Å². The summed E-state index contributed by atoms with van der Waals surface area (Å²) >= 11 is 1.49. The van der Waals surface area contributed by atoms with Gasteiger partial charge in [-0.05, 0) is 42.1 Å². The Labute approximate surface area is 162 Å². The molecule has 1 heterocycles. The summed E-state index contributed by atoms with van der Waals surface area (Å²) in [5, 5.41) is 6.75. The third-order valence-corrected chi connectivity index (χ3v) is 7.42. The van der Waals surface area contributed by atoms with Gasteiger partial charge in [0.15, 0.2) is 0 Å². The Morgan fingerprint density at radius 2 is 1.62 bits per heavy atom. The van der Waals surface area contributed by atoms with Crippen molar-refractivity contribution >= 4 is 28.2 Å². The lowest BCUT2D eigenvalue weighted by molar-refractivity contribution is -0.118. The van der Waals surface area contributed by atoms with Crippen molar-refractivity contribution in [3.05, 3.63) is 16.0 Å². The number of hydrogen-bond acceptors (Lipinski definition) is 3. The number of aryl methyl sites for hydroxylation is 1. The Balaban J connectivity index is 2.14. The number of rotatable bonds is 5. The van der Waals surface area contributed by atoms with Crippen molar-refractivity contribution in [2.75, 3.05) is 11.9 Å². The van der Waals surface area contributed by atoms with E-state index < -0.39 is 0 Å². The summed E-state index contributed by atoms with van der Waals surface area (Å²) < 4.78 is 0. The van der Waals surface area contributed by atoms with Crippen LogP contribution in [0, 0.1) is 36.0 Å². The van der Waals surface area contributed by atoms with E-state index in [0.29, 0.717) is 17.1 Å². The van der Waals surface area contributed by atoms with Crippen LogP contribution in [0.3, 0.4) is 0 Å². The number of hydrogen-bond donors (Lipinski definition) is 2. The average Bonchev–Trinajstić information content (AvgIpc) is 2.69. The highest BCUT2D eigenvalue weighted by molar-refractivity contribution is 7.16. The van der Waals surface area contributed by atoms with Gasteiger partial charge in [-0.15, -0.1) is 11.3 Å². The van der Waals surface area contributed by atoms with Gasteiger partial charge in [-0.3, -0.25) is 9.59 Å². The molecule has 1 saturated carbocycles. The van der Waals surface area contributed by atoms with E-state index in [1.807, 2.05) is 13.8 Å². The zero-order chi connectivity index (χ0) is 20.1. The van der Waals surface area contributed by atoms with Gasteiger partial charge >= 0.3 is 0 Å². The van der Waals surface area contributed by atoms with E-state index >= 15 is 0 Å². The van der Waals surface area contributed by atoms with Crippen LogP contribution in [0.15, 0.2) is 0 Å². The SMILES string of the molecule is Cc1sc(NC(=O)C2C(C)(C)C2(C)C)c(C(=O)NCCC(C)(C)C)c1C. The van der Waals surface area contributed by atoms with Crippen LogP contribution < -0.4 is 10.6 Å². The monoisotopic (exact) mass is 378 g/mol. The Morgan fingerprint density at radius 1 is 1.08 bits per heavy atom. The third kappa shape index (κ3) is 3.83. The van der Waals surface area contributed by atoms with Gasteiger partial charge < -0.3 is 10.6 Å². The van der Waals surface area contributed by atoms with Crippen molar-refractivity contribution in [1.29, 1.82) is 0 Å². The van der Waals surface area contributed by atoms with E-state index in [2.05, 4.69) is 59.1 Å². The second kappa shape index (κ2) is 6.66. The molecule has 2 N–H and O–H groups in total. The number of nitrogens with one attached hydrogen (secondary N) is 2. The minimum Gasteiger partial charge on any atom is -0.352 e. The molecule has 0 bridgehead atoms. The van der Waals surface area contributed by atoms with Crippen LogP contribution in [0.5, 0.6) is 0 Å². The molecule has 26 heavy (non-hydrogen) atoms. The lowest BCUT2D eigenvalue weighted by Gasteiger charge is -2.18. The molecule has 1 fully saturated rings. The van der Waals surface area contributed by atoms with Crippen LogP contribution in [-0.4, -0.2) is 18.4 Å². The second-order valence-electron chi connectivity index (χ2n) is 9.92. The molecule has 1 aromatic rings. The van der Waals surface area contributed by atoms with E-state index in [1.54, 1.807) is 0 Å². The van der Waals surface area contributed by atoms with Crippen molar-refractivity contribution in [3.63, 3.8) is 0 Å². The molecule has 146 valence electrons. The maximum Gasteiger partial charge on any atom is 0.254 e. The van der Waals surface area contributed by atoms with Crippen LogP contribution in [0.2, 0.25) is 0 Å². The Bertz CT molecular complexity index is 709. The minimum atomic E-state index is -0.0966. The van der Waals surface area contributed by atoms with E-state index in [9.17, 15) is 9.59 Å². The second-order valence-corrected chi connectivity index (χ2v) is 11.1. The van der Waals surface area contributed by atoms with Crippen molar-refractivity contribution in [3.8, 4) is 0 Å². The molecule has 0 unspecified atom stereocenters. The number of carbonyl (C=O) groups excluding carboxylic acids is 2. The molecule has 0 saturated heterocycles. The highest BCUT2D eigenvalue weighted by atomic mass is 32.1. The van der Waals surface area contributed by atoms with Gasteiger partial charge in [-0.25, -0.2) is 0 Å². The van der Waals surface area contributed by atoms with E-state index in [4.69, 9.17) is 0 Å². The Morgan fingerprint density at radius 3 is 2.08 bits per heavy atom. The van der Waals surface area contributed by atoms with Crippen molar-refractivity contribution in [1.82, 2.24) is 5.32 Å². The molecule has 4 nitrogen and oxygen atoms in total. The van der Waals surface area contributed by atoms with E-state index in [0.717, 1.165) is 16.9 Å². The Hall–Kier alpha value is -1.36. The molecule has 2 rings (SSSR count). The highest BCUT2D eigenvalue weighted by Crippen LogP contribution is 2.68. The molecule has 1 aliphatic carbocycles. The predicted octanol–water partition coefficient (Wildman–Crippen LogP) is 5.15. The molecule has 1 aliphatic rings. The number of thiophene rings is 1. The molecule has 5 heteroatoms. The molecular formula is C21H34N2O2S. The molecule has 0 aromatic carbocycles. The van der Waals surface area contributed by atoms with Crippen LogP contribution in [-0.2, 0) is 4.79 Å². The highest BCUT2D eigenvalue weighted by Gasteiger charge is 2.68. The van der Waals surface area contributed by atoms with Crippen molar-refractivity contribution in [2.45, 2.75) is 68.7 Å². The first-order valence-electron chi connectivity index (χ1n) is 9.39. The summed E-state index contributed by atoms with van der Waals surface area (Å²) in [7, 11) is 0. The van der Waals surface area contributed by atoms with Crippen LogP contribution >= 0.6 is 11.3 Å². The van der Waals surface area contributed by atoms with Crippen LogP contribution in [0.1, 0.15) is 75.7 Å². The van der Waals surface area contributed by atoms with Crippen LogP contribution in [0.25, 0.3) is 0 Å². The zero-order valence-corrected chi connectivity index (χ0v) is 18.5. The fraction of sp³-hybridized carbons (Fsp3) is 0.714. The molecule has 0 atom stereocenters. The first-order valence-corrected chi connectivity index (χ1v) is 10.2. The maximum atomic E-state index is 12.8. The summed E-state index contributed by atoms with van der Waals surface area (Å²) in [5.74, 6) is -0.111. The molecule has 0 radical (unpaired) electrons. The molecule has 0 spiro atoms. The molecular weight excluding hydrogens is 344 g/mol. The van der Waals surface area contributed by atoms with Crippen LogP contribution in [0.4, 0.5) is 5.00 Å². The summed E-state index contributed by atoms with van der Waals surface area (Å²) in [6.45, 7) is 19.6. The van der Waals surface area contributed by atoms with E-state index in [-0.39, 0.29) is 34.0 Å². The normalized spacial score (nSPS) is 18.5. The largest absolute Gasteiger partial charge is 0.352 e. The van der Waals surface area contributed by atoms with Gasteiger partial charge in [0.25, 0.3) is 5.91 Å². The number of carbonyl (C=O) groups is 2. The van der Waals surface area contributed by atoms with Gasteiger partial charge in [0.1, 0.15) is 5.00 Å². The first-order chi connectivity index (χ1) is 11.7. The summed E-state index contributed by atoms with van der Waals surface area (Å²) in [6.07, 6.45) is 0.910. The van der Waals surface area contributed by atoms with Gasteiger partial charge in [-0.1, -0.05) is 48.5 Å². The standard InChI is InChI=1S/C21H34N2O2S/c1-12-13(2)26-18(14(12)16(24)22-11-10-19(3,4)5)23-17(25)15-20(6,7)21(15,8)9/h15H,10-11H2,1-9H3,(H,22,24)(H,23,25). The summed E-state index contributed by atoms with van der Waals surface area (Å²) in [4.78, 5) is 26.6. The van der Waals surface area contributed by atoms with Gasteiger partial charge in [0.05, 0.1) is 5.56 Å². The summed E-state index contributed by atoms with van der Waals surface area (Å²) in [5.41, 5.74) is 1.70. The smallest absolute Gasteiger partial charge is 0.254 e. The lowest BCUT2D eigenvalue weighted by Crippen LogP contribution is -2.28. The van der Waals surface area contributed by atoms with Crippen molar-refractivity contribution < 1.29 is 9.59 Å². The lowest BCUT2D eigenvalue weighted by atomic mass is 9.92. The average molecular weight is 379 g/mol. The summed E-state index contributed by atoms with van der Waals surface area (Å²) in [6, 6.07) is 0. The fourth-order valence-corrected chi connectivity index (χ4v) is 4.72. The van der Waals surface area contributed by atoms with Gasteiger partial charge in [-0.2, -0.15) is 0 Å². The minimum absolute atomic E-state index is 0.0185. The van der Waals surface area contributed by atoms with E-state index in [1.165, 1.54) is 11.3 Å². The fourth-order valence-electron chi connectivity index (χ4n) is 3.66. The number of anilines is 1. The zero-order valence-electron chi connectivity index (χ0n) is 17.7. The third-order valence-electron chi connectivity index (χ3n) is 6.29. The van der Waals surface area contributed by atoms with Gasteiger partial charge in [0, 0.05) is 17.3 Å². The number of amides is 2. The first kappa shape index (κ1) is 20.9.